The molecule has 18 heavy (non-hydrogen) atoms. The van der Waals surface area contributed by atoms with Gasteiger partial charge in [-0.3, -0.25) is 4.79 Å². The van der Waals surface area contributed by atoms with E-state index in [2.05, 4.69) is 5.32 Å². The van der Waals surface area contributed by atoms with Crippen molar-refractivity contribution in [2.75, 3.05) is 0 Å². The van der Waals surface area contributed by atoms with E-state index in [1.807, 2.05) is 0 Å². The number of rotatable bonds is 5. The number of halogens is 1. The molecule has 0 spiro atoms. The van der Waals surface area contributed by atoms with Crippen LogP contribution in [0.4, 0.5) is 0 Å². The fourth-order valence-corrected chi connectivity index (χ4v) is 1.52. The second kappa shape index (κ2) is 6.40. The maximum absolute atomic E-state index is 11.5. The number of carbonyl (C=O) groups is 2. The van der Waals surface area contributed by atoms with Crippen LogP contribution in [-0.4, -0.2) is 23.0 Å². The number of aliphatic carboxylic acids is 1. The largest absolute Gasteiger partial charge is 0.480 e. The second-order valence-corrected chi connectivity index (χ2v) is 4.82. The van der Waals surface area contributed by atoms with E-state index < -0.39 is 12.0 Å². The van der Waals surface area contributed by atoms with Gasteiger partial charge in [0, 0.05) is 17.4 Å². The molecule has 0 aliphatic rings. The molecule has 2 N–H and O–H groups in total. The number of amides is 1. The lowest BCUT2D eigenvalue weighted by Gasteiger charge is -2.16. The first-order chi connectivity index (χ1) is 8.40. The summed E-state index contributed by atoms with van der Waals surface area (Å²) in [5.41, 5.74) is 0.816. The van der Waals surface area contributed by atoms with Gasteiger partial charge in [0.05, 0.1) is 0 Å². The third-order valence-corrected chi connectivity index (χ3v) is 2.74. The Bertz CT molecular complexity index is 428. The first-order valence-corrected chi connectivity index (χ1v) is 6.05. The number of carboxylic acid groups (broad SMARTS) is 1. The highest BCUT2D eigenvalue weighted by Gasteiger charge is 2.21. The number of carboxylic acids is 1. The average Bonchev–Trinajstić information content (AvgIpc) is 2.30. The molecular weight excluding hydrogens is 254 g/mol. The summed E-state index contributed by atoms with van der Waals surface area (Å²) in [6.45, 7) is 3.44. The molecule has 0 aliphatic heterocycles. The zero-order valence-electron chi connectivity index (χ0n) is 10.3. The molecule has 0 saturated carbocycles. The minimum absolute atomic E-state index is 0.239. The molecule has 0 saturated heterocycles. The molecule has 0 bridgehead atoms. The van der Waals surface area contributed by atoms with Crippen LogP contribution in [0.15, 0.2) is 24.3 Å². The van der Waals surface area contributed by atoms with Gasteiger partial charge in [0.2, 0.25) is 5.91 Å². The van der Waals surface area contributed by atoms with Crippen molar-refractivity contribution in [2.45, 2.75) is 26.3 Å². The molecule has 0 radical (unpaired) electrons. The fraction of sp³-hybridized carbons (Fsp3) is 0.385. The number of carbonyl (C=O) groups excluding carboxylic acids is 1. The molecule has 5 heteroatoms. The molecule has 0 unspecified atom stereocenters. The van der Waals surface area contributed by atoms with E-state index in [0.717, 1.165) is 5.56 Å². The molecule has 1 aromatic carbocycles. The van der Waals surface area contributed by atoms with E-state index in [1.54, 1.807) is 38.1 Å². The Balaban J connectivity index is 2.72. The van der Waals surface area contributed by atoms with Gasteiger partial charge in [-0.25, -0.2) is 4.79 Å². The number of hydrogen-bond donors (Lipinski definition) is 2. The van der Waals surface area contributed by atoms with Crippen molar-refractivity contribution in [3.05, 3.63) is 34.9 Å². The lowest BCUT2D eigenvalue weighted by molar-refractivity contribution is -0.142. The van der Waals surface area contributed by atoms with Crippen LogP contribution in [0.1, 0.15) is 19.4 Å². The van der Waals surface area contributed by atoms with Crippen LogP contribution in [-0.2, 0) is 16.0 Å². The zero-order valence-corrected chi connectivity index (χ0v) is 11.1. The van der Waals surface area contributed by atoms with E-state index in [1.165, 1.54) is 0 Å². The normalized spacial score (nSPS) is 12.2. The maximum Gasteiger partial charge on any atom is 0.326 e. The Hall–Kier alpha value is -1.55. The summed E-state index contributed by atoms with van der Waals surface area (Å²) in [6, 6.07) is 5.97. The van der Waals surface area contributed by atoms with Crippen LogP contribution in [0.2, 0.25) is 5.02 Å². The topological polar surface area (TPSA) is 66.4 Å². The Morgan fingerprint density at radius 1 is 1.28 bits per heavy atom. The number of benzene rings is 1. The van der Waals surface area contributed by atoms with Crippen molar-refractivity contribution in [1.82, 2.24) is 5.32 Å². The monoisotopic (exact) mass is 269 g/mol. The first kappa shape index (κ1) is 14.5. The molecule has 0 fully saturated rings. The fourth-order valence-electron chi connectivity index (χ4n) is 1.39. The highest BCUT2D eigenvalue weighted by molar-refractivity contribution is 6.30. The van der Waals surface area contributed by atoms with Crippen LogP contribution in [0.3, 0.4) is 0 Å². The van der Waals surface area contributed by atoms with Gasteiger partial charge in [-0.1, -0.05) is 37.6 Å². The molecule has 98 valence electrons. The molecule has 1 amide bonds. The predicted molar refractivity (Wildman–Crippen MR) is 69.6 cm³/mol. The minimum Gasteiger partial charge on any atom is -0.480 e. The summed E-state index contributed by atoms with van der Waals surface area (Å²) in [6.07, 6.45) is 0.241. The van der Waals surface area contributed by atoms with Crippen molar-refractivity contribution in [3.63, 3.8) is 0 Å². The number of nitrogens with one attached hydrogen (secondary N) is 1. The summed E-state index contributed by atoms with van der Waals surface area (Å²) >= 11 is 5.75. The predicted octanol–water partition coefficient (Wildman–Crippen LogP) is 2.11. The summed E-state index contributed by atoms with van der Waals surface area (Å²) in [4.78, 5) is 22.6. The van der Waals surface area contributed by atoms with Crippen molar-refractivity contribution in [3.8, 4) is 0 Å². The molecule has 0 aromatic heterocycles. The highest BCUT2D eigenvalue weighted by atomic mass is 35.5. The molecular formula is C13H16ClNO3. The van der Waals surface area contributed by atoms with Crippen LogP contribution in [0, 0.1) is 5.92 Å². The number of hydrogen-bond acceptors (Lipinski definition) is 2. The summed E-state index contributed by atoms with van der Waals surface area (Å²) in [5, 5.41) is 12.2. The van der Waals surface area contributed by atoms with Gasteiger partial charge < -0.3 is 10.4 Å². The molecule has 0 heterocycles. The Labute approximate surface area is 111 Å². The third-order valence-electron chi connectivity index (χ3n) is 2.49. The smallest absolute Gasteiger partial charge is 0.326 e. The standard InChI is InChI=1S/C13H16ClNO3/c1-8(2)12(16)15-11(13(17)18)7-9-3-5-10(14)6-4-9/h3-6,8,11H,7H2,1-2H3,(H,15,16)(H,17,18)/t11-/m1/s1. The van der Waals surface area contributed by atoms with Gasteiger partial charge in [0.1, 0.15) is 6.04 Å². The molecule has 4 nitrogen and oxygen atoms in total. The second-order valence-electron chi connectivity index (χ2n) is 4.38. The van der Waals surface area contributed by atoms with Gasteiger partial charge in [0.25, 0.3) is 0 Å². The van der Waals surface area contributed by atoms with Crippen molar-refractivity contribution < 1.29 is 14.7 Å². The molecule has 1 aromatic rings. The molecule has 0 aliphatic carbocycles. The lowest BCUT2D eigenvalue weighted by Crippen LogP contribution is -2.44. The molecule has 1 rings (SSSR count). The first-order valence-electron chi connectivity index (χ1n) is 5.67. The lowest BCUT2D eigenvalue weighted by atomic mass is 10.1. The van der Waals surface area contributed by atoms with Gasteiger partial charge in [-0.2, -0.15) is 0 Å². The van der Waals surface area contributed by atoms with Gasteiger partial charge in [-0.15, -0.1) is 0 Å². The average molecular weight is 270 g/mol. The van der Waals surface area contributed by atoms with E-state index in [-0.39, 0.29) is 18.2 Å². The van der Waals surface area contributed by atoms with E-state index in [4.69, 9.17) is 16.7 Å². The maximum atomic E-state index is 11.5. The molecule has 1 atom stereocenters. The van der Waals surface area contributed by atoms with E-state index in [0.29, 0.717) is 5.02 Å². The van der Waals surface area contributed by atoms with Crippen LogP contribution < -0.4 is 5.32 Å². The Morgan fingerprint density at radius 2 is 1.83 bits per heavy atom. The SMILES string of the molecule is CC(C)C(=O)N[C@H](Cc1ccc(Cl)cc1)C(=O)O. The third kappa shape index (κ3) is 4.37. The summed E-state index contributed by atoms with van der Waals surface area (Å²) in [5.74, 6) is -1.55. The minimum atomic E-state index is -1.04. The van der Waals surface area contributed by atoms with Crippen molar-refractivity contribution in [2.24, 2.45) is 5.92 Å². The van der Waals surface area contributed by atoms with E-state index in [9.17, 15) is 9.59 Å². The van der Waals surface area contributed by atoms with Crippen molar-refractivity contribution in [1.29, 1.82) is 0 Å². The van der Waals surface area contributed by atoms with Gasteiger partial charge >= 0.3 is 5.97 Å². The summed E-state index contributed by atoms with van der Waals surface area (Å²) < 4.78 is 0. The Morgan fingerprint density at radius 3 is 2.28 bits per heavy atom. The van der Waals surface area contributed by atoms with Crippen LogP contribution in [0.25, 0.3) is 0 Å². The zero-order chi connectivity index (χ0) is 13.7. The van der Waals surface area contributed by atoms with E-state index >= 15 is 0 Å². The van der Waals surface area contributed by atoms with Crippen LogP contribution in [0.5, 0.6) is 0 Å². The van der Waals surface area contributed by atoms with Crippen LogP contribution >= 0.6 is 11.6 Å². The van der Waals surface area contributed by atoms with Gasteiger partial charge in [0.15, 0.2) is 0 Å². The summed E-state index contributed by atoms with van der Waals surface area (Å²) in [7, 11) is 0. The van der Waals surface area contributed by atoms with Gasteiger partial charge in [-0.05, 0) is 17.7 Å². The quantitative estimate of drug-likeness (QED) is 0.860. The highest BCUT2D eigenvalue weighted by Crippen LogP contribution is 2.11. The van der Waals surface area contributed by atoms with Crippen molar-refractivity contribution >= 4 is 23.5 Å². The Kier molecular flexibility index (Phi) is 5.16.